The molecule has 0 aliphatic carbocycles. The topological polar surface area (TPSA) is 80.3 Å². The van der Waals surface area contributed by atoms with Crippen molar-refractivity contribution in [3.63, 3.8) is 0 Å². The van der Waals surface area contributed by atoms with Crippen LogP contribution < -0.4 is 0 Å². The number of unbranched alkanes of at least 4 members (excludes halogenated alkanes) is 2. The standard InChI is InChI=1S/C24H36O7/c1-17-18(2)24(31-22(16-29-19(3)25)23(17)30-20(4)26)28-14-10-6-9-13-27-15-21-11-7-5-8-12-21/h5,7-8,11-12,17-18,22-24H,6,9-10,13-16H2,1-4H3. The first-order chi connectivity index (χ1) is 14.9. The highest BCUT2D eigenvalue weighted by atomic mass is 16.7. The van der Waals surface area contributed by atoms with Crippen LogP contribution >= 0.6 is 0 Å². The number of carbonyl (C=O) groups is 2. The first kappa shape index (κ1) is 25.3. The minimum Gasteiger partial charge on any atom is -0.463 e. The van der Waals surface area contributed by atoms with Gasteiger partial charge in [-0.15, -0.1) is 0 Å². The molecule has 1 aromatic rings. The maximum Gasteiger partial charge on any atom is 0.303 e. The van der Waals surface area contributed by atoms with E-state index >= 15 is 0 Å². The van der Waals surface area contributed by atoms with Crippen LogP contribution in [-0.4, -0.2) is 50.3 Å². The molecule has 0 aromatic heterocycles. The van der Waals surface area contributed by atoms with Crippen molar-refractivity contribution < 1.29 is 33.3 Å². The summed E-state index contributed by atoms with van der Waals surface area (Å²) in [5, 5.41) is 0. The summed E-state index contributed by atoms with van der Waals surface area (Å²) in [5.74, 6) is -0.737. The molecule has 1 aliphatic rings. The van der Waals surface area contributed by atoms with E-state index in [9.17, 15) is 9.59 Å². The van der Waals surface area contributed by atoms with Gasteiger partial charge < -0.3 is 23.7 Å². The Bertz CT molecular complexity index is 663. The third-order valence-corrected chi connectivity index (χ3v) is 5.53. The van der Waals surface area contributed by atoms with Crippen LogP contribution in [0.5, 0.6) is 0 Å². The minimum atomic E-state index is -0.546. The van der Waals surface area contributed by atoms with E-state index in [0.29, 0.717) is 13.2 Å². The molecular weight excluding hydrogens is 400 g/mol. The molecule has 0 spiro atoms. The fourth-order valence-corrected chi connectivity index (χ4v) is 3.61. The number of benzene rings is 1. The molecule has 0 amide bonds. The zero-order valence-corrected chi connectivity index (χ0v) is 19.1. The van der Waals surface area contributed by atoms with Crippen molar-refractivity contribution >= 4 is 11.9 Å². The smallest absolute Gasteiger partial charge is 0.303 e. The SMILES string of the molecule is CC(=O)OCC1OC(OCCCCCOCc2ccccc2)C(C)C(C)C1OC(C)=O. The van der Waals surface area contributed by atoms with E-state index in [2.05, 4.69) is 12.1 Å². The zero-order chi connectivity index (χ0) is 22.6. The van der Waals surface area contributed by atoms with E-state index in [1.165, 1.54) is 19.4 Å². The third kappa shape index (κ3) is 8.97. The first-order valence-electron chi connectivity index (χ1n) is 11.1. The highest BCUT2D eigenvalue weighted by Crippen LogP contribution is 2.33. The van der Waals surface area contributed by atoms with Crippen LogP contribution in [0.4, 0.5) is 0 Å². The average Bonchev–Trinajstić information content (AvgIpc) is 2.74. The molecule has 31 heavy (non-hydrogen) atoms. The number of rotatable bonds is 12. The molecule has 174 valence electrons. The highest BCUT2D eigenvalue weighted by Gasteiger charge is 2.44. The molecule has 0 N–H and O–H groups in total. The van der Waals surface area contributed by atoms with Gasteiger partial charge in [0.1, 0.15) is 18.8 Å². The molecule has 0 radical (unpaired) electrons. The van der Waals surface area contributed by atoms with Gasteiger partial charge in [0, 0.05) is 38.9 Å². The Balaban J connectivity index is 1.69. The van der Waals surface area contributed by atoms with Crippen LogP contribution in [0.25, 0.3) is 0 Å². The van der Waals surface area contributed by atoms with Crippen LogP contribution in [0.2, 0.25) is 0 Å². The maximum atomic E-state index is 11.5. The zero-order valence-electron chi connectivity index (χ0n) is 19.1. The van der Waals surface area contributed by atoms with E-state index in [0.717, 1.165) is 25.9 Å². The second-order valence-corrected chi connectivity index (χ2v) is 8.11. The van der Waals surface area contributed by atoms with Gasteiger partial charge in [0.25, 0.3) is 0 Å². The number of ether oxygens (including phenoxy) is 5. The minimum absolute atomic E-state index is 0.00888. The van der Waals surface area contributed by atoms with Crippen molar-refractivity contribution in [3.8, 4) is 0 Å². The van der Waals surface area contributed by atoms with Gasteiger partial charge >= 0.3 is 11.9 Å². The monoisotopic (exact) mass is 436 g/mol. The van der Waals surface area contributed by atoms with Gasteiger partial charge in [-0.25, -0.2) is 0 Å². The Labute approximate surface area is 185 Å². The summed E-state index contributed by atoms with van der Waals surface area (Å²) < 4.78 is 28.3. The molecule has 0 bridgehead atoms. The number of hydrogen-bond acceptors (Lipinski definition) is 7. The van der Waals surface area contributed by atoms with Crippen LogP contribution in [-0.2, 0) is 39.9 Å². The van der Waals surface area contributed by atoms with E-state index < -0.39 is 24.5 Å². The quantitative estimate of drug-likeness (QED) is 0.363. The van der Waals surface area contributed by atoms with Gasteiger partial charge in [-0.2, -0.15) is 0 Å². The maximum absolute atomic E-state index is 11.5. The lowest BCUT2D eigenvalue weighted by molar-refractivity contribution is -0.273. The summed E-state index contributed by atoms with van der Waals surface area (Å²) in [6.07, 6.45) is 1.41. The van der Waals surface area contributed by atoms with Crippen molar-refractivity contribution in [1.82, 2.24) is 0 Å². The molecule has 7 heteroatoms. The lowest BCUT2D eigenvalue weighted by Crippen LogP contribution is -2.53. The fraction of sp³-hybridized carbons (Fsp3) is 0.667. The van der Waals surface area contributed by atoms with Crippen LogP contribution in [0.15, 0.2) is 30.3 Å². The van der Waals surface area contributed by atoms with Gasteiger partial charge in [-0.1, -0.05) is 44.2 Å². The lowest BCUT2D eigenvalue weighted by Gasteiger charge is -2.43. The molecule has 0 saturated carbocycles. The molecule has 1 heterocycles. The van der Waals surface area contributed by atoms with Crippen molar-refractivity contribution in [2.24, 2.45) is 11.8 Å². The number of carbonyl (C=O) groups excluding carboxylic acids is 2. The fourth-order valence-electron chi connectivity index (χ4n) is 3.61. The Morgan fingerprint density at radius 1 is 0.935 bits per heavy atom. The van der Waals surface area contributed by atoms with Crippen molar-refractivity contribution in [1.29, 1.82) is 0 Å². The van der Waals surface area contributed by atoms with Gasteiger partial charge in [0.05, 0.1) is 6.61 Å². The Morgan fingerprint density at radius 2 is 1.65 bits per heavy atom. The second kappa shape index (κ2) is 13.5. The van der Waals surface area contributed by atoms with Gasteiger partial charge in [-0.3, -0.25) is 9.59 Å². The third-order valence-electron chi connectivity index (χ3n) is 5.53. The predicted octanol–water partition coefficient (Wildman–Crippen LogP) is 3.88. The molecule has 1 fully saturated rings. The second-order valence-electron chi connectivity index (χ2n) is 8.11. The van der Waals surface area contributed by atoms with Crippen LogP contribution in [0, 0.1) is 11.8 Å². The summed E-state index contributed by atoms with van der Waals surface area (Å²) in [5.41, 5.74) is 1.18. The van der Waals surface area contributed by atoms with Gasteiger partial charge in [0.2, 0.25) is 0 Å². The van der Waals surface area contributed by atoms with E-state index in [1.807, 2.05) is 32.0 Å². The highest BCUT2D eigenvalue weighted by molar-refractivity contribution is 5.66. The van der Waals surface area contributed by atoms with Crippen molar-refractivity contribution in [2.75, 3.05) is 19.8 Å². The molecule has 5 atom stereocenters. The van der Waals surface area contributed by atoms with Crippen molar-refractivity contribution in [2.45, 2.75) is 72.1 Å². The Hall–Kier alpha value is -1.96. The van der Waals surface area contributed by atoms with E-state index in [4.69, 9.17) is 23.7 Å². The number of hydrogen-bond donors (Lipinski definition) is 0. The van der Waals surface area contributed by atoms with Crippen molar-refractivity contribution in [3.05, 3.63) is 35.9 Å². The molecule has 1 aliphatic heterocycles. The number of esters is 2. The summed E-state index contributed by atoms with van der Waals surface area (Å²) in [7, 11) is 0. The van der Waals surface area contributed by atoms with E-state index in [1.54, 1.807) is 0 Å². The summed E-state index contributed by atoms with van der Waals surface area (Å²) in [6, 6.07) is 10.1. The van der Waals surface area contributed by atoms with Crippen LogP contribution in [0.3, 0.4) is 0 Å². The molecule has 7 nitrogen and oxygen atoms in total. The van der Waals surface area contributed by atoms with Gasteiger partial charge in [0.15, 0.2) is 6.29 Å². The summed E-state index contributed by atoms with van der Waals surface area (Å²) in [6.45, 7) is 8.68. The average molecular weight is 437 g/mol. The Morgan fingerprint density at radius 3 is 2.32 bits per heavy atom. The van der Waals surface area contributed by atoms with Crippen LogP contribution in [0.1, 0.15) is 52.5 Å². The Kier molecular flexibility index (Phi) is 11.0. The largest absolute Gasteiger partial charge is 0.463 e. The molecule has 2 rings (SSSR count). The lowest BCUT2D eigenvalue weighted by atomic mass is 9.84. The summed E-state index contributed by atoms with van der Waals surface area (Å²) >= 11 is 0. The molecule has 1 aromatic carbocycles. The predicted molar refractivity (Wildman–Crippen MR) is 115 cm³/mol. The van der Waals surface area contributed by atoms with Gasteiger partial charge in [-0.05, 0) is 24.8 Å². The molecule has 5 unspecified atom stereocenters. The van der Waals surface area contributed by atoms with E-state index in [-0.39, 0.29) is 24.4 Å². The first-order valence-corrected chi connectivity index (χ1v) is 11.1. The normalized spacial score (nSPS) is 25.7. The summed E-state index contributed by atoms with van der Waals surface area (Å²) in [4.78, 5) is 22.7. The molecule has 1 saturated heterocycles. The molecular formula is C24H36O7.